The lowest BCUT2D eigenvalue weighted by atomic mass is 9.97. The van der Waals surface area contributed by atoms with Crippen LogP contribution in [0.15, 0.2) is 0 Å². The average Bonchev–Trinajstić information content (AvgIpc) is 2.12. The molecule has 0 heterocycles. The highest BCUT2D eigenvalue weighted by molar-refractivity contribution is 5.75. The van der Waals surface area contributed by atoms with Gasteiger partial charge in [0.05, 0.1) is 11.5 Å². The summed E-state index contributed by atoms with van der Waals surface area (Å²) in [5.74, 6) is -1.34. The zero-order valence-electron chi connectivity index (χ0n) is 14.7. The van der Waals surface area contributed by atoms with Gasteiger partial charge in [-0.2, -0.15) is 0 Å². The third-order valence-electron chi connectivity index (χ3n) is 1.48. The molecule has 0 fully saturated rings. The maximum atomic E-state index is 11.1. The fraction of sp³-hybridized carbons (Fsp3) is 0.867. The van der Waals surface area contributed by atoms with Gasteiger partial charge < -0.3 is 20.1 Å². The molecule has 0 rings (SSSR count). The van der Waals surface area contributed by atoms with Crippen molar-refractivity contribution in [2.24, 2.45) is 5.41 Å². The van der Waals surface area contributed by atoms with Gasteiger partial charge in [-0.25, -0.2) is 4.79 Å². The summed E-state index contributed by atoms with van der Waals surface area (Å²) in [6.07, 6.45) is -0.174. The summed E-state index contributed by atoms with van der Waals surface area (Å²) in [5.41, 5.74) is -1.95. The molecule has 21 heavy (non-hydrogen) atoms. The molecule has 0 atom stereocenters. The third kappa shape index (κ3) is 24.3. The first kappa shape index (κ1) is 24.9. The predicted molar refractivity (Wildman–Crippen MR) is 82.0 cm³/mol. The summed E-state index contributed by atoms with van der Waals surface area (Å²) in [4.78, 5) is 20.8. The monoisotopic (exact) mass is 308 g/mol. The molecule has 0 aromatic heterocycles. The largest absolute Gasteiger partial charge is 0.479 e. The number of hydrogen-bond acceptors (Lipinski definition) is 5. The van der Waals surface area contributed by atoms with Crippen molar-refractivity contribution < 1.29 is 29.6 Å². The van der Waals surface area contributed by atoms with Gasteiger partial charge in [0.25, 0.3) is 0 Å². The van der Waals surface area contributed by atoms with Crippen molar-refractivity contribution in [3.05, 3.63) is 0 Å². The normalized spacial score (nSPS) is 11.1. The number of carbonyl (C=O) groups is 2. The van der Waals surface area contributed by atoms with Crippen molar-refractivity contribution in [2.45, 2.75) is 80.1 Å². The van der Waals surface area contributed by atoms with Crippen LogP contribution < -0.4 is 0 Å². The quantitative estimate of drug-likeness (QED) is 0.676. The Bertz CT molecular complexity index is 292. The van der Waals surface area contributed by atoms with Crippen LogP contribution in [0.2, 0.25) is 0 Å². The zero-order chi connectivity index (χ0) is 18.0. The minimum Gasteiger partial charge on any atom is -0.479 e. The van der Waals surface area contributed by atoms with Gasteiger partial charge in [0.2, 0.25) is 0 Å². The summed E-state index contributed by atoms with van der Waals surface area (Å²) in [6, 6.07) is 0. The maximum absolute atomic E-state index is 11.1. The highest BCUT2D eigenvalue weighted by Crippen LogP contribution is 2.15. The van der Waals surface area contributed by atoms with Crippen LogP contribution >= 0.6 is 0 Å². The smallest absolute Gasteiger partial charge is 0.335 e. The first-order chi connectivity index (χ1) is 9.01. The first-order valence-electron chi connectivity index (χ1n) is 6.86. The van der Waals surface area contributed by atoms with E-state index in [0.717, 1.165) is 0 Å². The third-order valence-corrected chi connectivity index (χ3v) is 1.48. The molecule has 0 unspecified atom stereocenters. The molecule has 6 nitrogen and oxygen atoms in total. The van der Waals surface area contributed by atoms with Crippen molar-refractivity contribution in [1.82, 2.24) is 0 Å². The van der Waals surface area contributed by atoms with Gasteiger partial charge in [-0.3, -0.25) is 4.79 Å². The number of aliphatic hydroxyl groups is 2. The molecular formula is C15H32O6. The van der Waals surface area contributed by atoms with Crippen molar-refractivity contribution in [3.63, 3.8) is 0 Å². The second-order valence-electron chi connectivity index (χ2n) is 6.66. The number of aliphatic carboxylic acids is 1. The molecule has 0 saturated heterocycles. The fourth-order valence-electron chi connectivity index (χ4n) is 0.391. The van der Waals surface area contributed by atoms with E-state index >= 15 is 0 Å². The van der Waals surface area contributed by atoms with Gasteiger partial charge in [-0.15, -0.1) is 0 Å². The van der Waals surface area contributed by atoms with Crippen LogP contribution in [0.25, 0.3) is 0 Å². The minimum atomic E-state index is -1.58. The zero-order valence-corrected chi connectivity index (χ0v) is 14.7. The first-order valence-corrected chi connectivity index (χ1v) is 6.86. The molecule has 6 heteroatoms. The van der Waals surface area contributed by atoms with Gasteiger partial charge >= 0.3 is 11.9 Å². The van der Waals surface area contributed by atoms with Crippen molar-refractivity contribution in [3.8, 4) is 0 Å². The van der Waals surface area contributed by atoms with Crippen molar-refractivity contribution in [1.29, 1.82) is 0 Å². The Morgan fingerprint density at radius 2 is 1.19 bits per heavy atom. The van der Waals surface area contributed by atoms with Crippen LogP contribution in [0, 0.1) is 5.41 Å². The van der Waals surface area contributed by atoms with Crippen LogP contribution in [-0.4, -0.2) is 45.1 Å². The molecule has 0 aromatic rings. The standard InChI is InChI=1S/C8H16O2.C4H8O3.C3H8O/c1-6(2)10-7(9)8(3,4)5;1-4(2,7)3(5)6;1-3(2)4/h6H,1-5H3;7H,1-2H3,(H,5,6);3-4H,1-2H3. The van der Waals surface area contributed by atoms with Crippen LogP contribution in [0.5, 0.6) is 0 Å². The molecule has 0 saturated carbocycles. The molecule has 0 aromatic carbocycles. The van der Waals surface area contributed by atoms with E-state index in [1.165, 1.54) is 13.8 Å². The molecule has 0 amide bonds. The maximum Gasteiger partial charge on any atom is 0.335 e. The molecule has 128 valence electrons. The van der Waals surface area contributed by atoms with E-state index in [0.29, 0.717) is 0 Å². The molecule has 0 aliphatic rings. The van der Waals surface area contributed by atoms with E-state index in [2.05, 4.69) is 0 Å². The number of ether oxygens (including phenoxy) is 1. The van der Waals surface area contributed by atoms with E-state index in [9.17, 15) is 9.59 Å². The Morgan fingerprint density at radius 3 is 1.24 bits per heavy atom. The fourth-order valence-corrected chi connectivity index (χ4v) is 0.391. The van der Waals surface area contributed by atoms with Crippen LogP contribution in [0.1, 0.15) is 62.3 Å². The number of carboxylic acid groups (broad SMARTS) is 1. The van der Waals surface area contributed by atoms with Gasteiger partial charge in [-0.05, 0) is 62.3 Å². The number of carboxylic acids is 1. The molecule has 0 aliphatic heterocycles. The number of rotatable bonds is 2. The van der Waals surface area contributed by atoms with E-state index in [4.69, 9.17) is 20.1 Å². The highest BCUT2D eigenvalue weighted by atomic mass is 16.5. The SMILES string of the molecule is CC(C)(O)C(=O)O.CC(C)O.CC(C)OC(=O)C(C)(C)C. The Kier molecular flexibility index (Phi) is 12.5. The lowest BCUT2D eigenvalue weighted by Gasteiger charge is -2.18. The lowest BCUT2D eigenvalue weighted by Crippen LogP contribution is -2.30. The Balaban J connectivity index is -0.000000256. The molecule has 0 bridgehead atoms. The lowest BCUT2D eigenvalue weighted by molar-refractivity contribution is -0.157. The second kappa shape index (κ2) is 10.6. The predicted octanol–water partition coefficient (Wildman–Crippen LogP) is 2.21. The van der Waals surface area contributed by atoms with E-state index < -0.39 is 11.6 Å². The second-order valence-corrected chi connectivity index (χ2v) is 6.66. The average molecular weight is 308 g/mol. The molecule has 3 N–H and O–H groups in total. The highest BCUT2D eigenvalue weighted by Gasteiger charge is 2.23. The van der Waals surface area contributed by atoms with E-state index in [1.54, 1.807) is 13.8 Å². The number of esters is 1. The molecule has 0 aliphatic carbocycles. The van der Waals surface area contributed by atoms with Gasteiger partial charge in [0.15, 0.2) is 5.60 Å². The van der Waals surface area contributed by atoms with Gasteiger partial charge in [0, 0.05) is 6.10 Å². The molecular weight excluding hydrogens is 276 g/mol. The number of hydrogen-bond donors (Lipinski definition) is 3. The summed E-state index contributed by atoms with van der Waals surface area (Å²) < 4.78 is 4.98. The molecule has 0 radical (unpaired) electrons. The summed E-state index contributed by atoms with van der Waals surface area (Å²) >= 11 is 0. The van der Waals surface area contributed by atoms with Crippen LogP contribution in [0.4, 0.5) is 0 Å². The molecule has 0 spiro atoms. The van der Waals surface area contributed by atoms with Crippen LogP contribution in [0.3, 0.4) is 0 Å². The Labute approximate surface area is 128 Å². The number of carbonyl (C=O) groups excluding carboxylic acids is 1. The Morgan fingerprint density at radius 1 is 0.952 bits per heavy atom. The topological polar surface area (TPSA) is 104 Å². The summed E-state index contributed by atoms with van der Waals surface area (Å²) in [5, 5.41) is 24.6. The van der Waals surface area contributed by atoms with Crippen molar-refractivity contribution in [2.75, 3.05) is 0 Å². The van der Waals surface area contributed by atoms with Crippen LogP contribution in [-0.2, 0) is 14.3 Å². The van der Waals surface area contributed by atoms with Gasteiger partial charge in [0.1, 0.15) is 0 Å². The number of aliphatic hydroxyl groups excluding tert-OH is 1. The minimum absolute atomic E-state index is 0.00766. The van der Waals surface area contributed by atoms with Crippen molar-refractivity contribution >= 4 is 11.9 Å². The Hall–Kier alpha value is -1.14. The summed E-state index contributed by atoms with van der Waals surface area (Å²) in [7, 11) is 0. The van der Waals surface area contributed by atoms with E-state index in [1.807, 2.05) is 34.6 Å². The van der Waals surface area contributed by atoms with E-state index in [-0.39, 0.29) is 23.6 Å². The summed E-state index contributed by atoms with van der Waals surface area (Å²) in [6.45, 7) is 15.1. The van der Waals surface area contributed by atoms with Gasteiger partial charge in [-0.1, -0.05) is 0 Å².